The van der Waals surface area contributed by atoms with E-state index in [0.717, 1.165) is 12.0 Å². The average Bonchev–Trinajstić information content (AvgIpc) is 2.83. The second-order valence-corrected chi connectivity index (χ2v) is 5.74. The van der Waals surface area contributed by atoms with Crippen molar-refractivity contribution in [2.45, 2.75) is 24.7 Å². The summed E-state index contributed by atoms with van der Waals surface area (Å²) in [6.07, 6.45) is 5.73. The Morgan fingerprint density at radius 1 is 1.12 bits per heavy atom. The second-order valence-electron chi connectivity index (χ2n) is 3.81. The van der Waals surface area contributed by atoms with Crippen molar-refractivity contribution in [2.24, 2.45) is 0 Å². The van der Waals surface area contributed by atoms with Crippen LogP contribution in [0.4, 0.5) is 0 Å². The molecule has 2 rings (SSSR count). The molecule has 1 aromatic carbocycles. The fourth-order valence-electron chi connectivity index (χ4n) is 1.70. The number of thiol groups is 1. The zero-order valence-corrected chi connectivity index (χ0v) is 10.3. The Balaban J connectivity index is 2.13. The topological polar surface area (TPSA) is 17.1 Å². The molecule has 0 saturated heterocycles. The molecular formula is C14H16OS. The van der Waals surface area contributed by atoms with Gasteiger partial charge in [0.25, 0.3) is 0 Å². The van der Waals surface area contributed by atoms with E-state index in [1.54, 1.807) is 0 Å². The molecule has 2 heteroatoms. The SMILES string of the molecule is CCCC(=O)c1ccc([SH]2C=CC=C2)cc1. The first kappa shape index (κ1) is 11.2. The minimum absolute atomic E-state index is 0.249. The molecule has 0 bridgehead atoms. The van der Waals surface area contributed by atoms with Crippen molar-refractivity contribution >= 4 is 16.7 Å². The Kier molecular flexibility index (Phi) is 3.62. The summed E-state index contributed by atoms with van der Waals surface area (Å²) < 4.78 is 0. The monoisotopic (exact) mass is 232 g/mol. The van der Waals surface area contributed by atoms with Gasteiger partial charge in [0.15, 0.2) is 5.78 Å². The Hall–Kier alpha value is -1.28. The number of rotatable bonds is 4. The van der Waals surface area contributed by atoms with Gasteiger partial charge in [0.05, 0.1) is 0 Å². The molecule has 1 heterocycles. The van der Waals surface area contributed by atoms with Crippen LogP contribution in [0.1, 0.15) is 30.1 Å². The quantitative estimate of drug-likeness (QED) is 0.611. The van der Waals surface area contributed by atoms with Crippen molar-refractivity contribution in [3.63, 3.8) is 0 Å². The highest BCUT2D eigenvalue weighted by Gasteiger charge is 2.06. The van der Waals surface area contributed by atoms with Gasteiger partial charge in [-0.25, -0.2) is 0 Å². The molecule has 1 nitrogen and oxygen atoms in total. The number of Topliss-reactive ketones (excluding diaryl/α,β-unsaturated/α-hetero) is 1. The van der Waals surface area contributed by atoms with Gasteiger partial charge in [-0.1, -0.05) is 31.2 Å². The molecular weight excluding hydrogens is 216 g/mol. The number of ketones is 1. The smallest absolute Gasteiger partial charge is 0.162 e. The van der Waals surface area contributed by atoms with Crippen molar-refractivity contribution in [2.75, 3.05) is 0 Å². The lowest BCUT2D eigenvalue weighted by Crippen LogP contribution is -1.97. The van der Waals surface area contributed by atoms with E-state index in [-0.39, 0.29) is 16.7 Å². The lowest BCUT2D eigenvalue weighted by molar-refractivity contribution is 0.0981. The summed E-state index contributed by atoms with van der Waals surface area (Å²) in [5.41, 5.74) is 0.841. The maximum absolute atomic E-state index is 11.7. The highest BCUT2D eigenvalue weighted by atomic mass is 32.2. The van der Waals surface area contributed by atoms with Crippen LogP contribution in [0.5, 0.6) is 0 Å². The summed E-state index contributed by atoms with van der Waals surface area (Å²) >= 11 is 0. The van der Waals surface area contributed by atoms with E-state index < -0.39 is 0 Å². The maximum atomic E-state index is 11.7. The molecule has 0 radical (unpaired) electrons. The van der Waals surface area contributed by atoms with Gasteiger partial charge < -0.3 is 0 Å². The van der Waals surface area contributed by atoms with E-state index in [0.29, 0.717) is 6.42 Å². The first-order chi connectivity index (χ1) is 7.81. The molecule has 0 aliphatic carbocycles. The summed E-state index contributed by atoms with van der Waals surface area (Å²) in [7, 11) is -0.252. The van der Waals surface area contributed by atoms with E-state index in [4.69, 9.17) is 0 Å². The van der Waals surface area contributed by atoms with Crippen LogP contribution in [-0.4, -0.2) is 5.78 Å². The zero-order chi connectivity index (χ0) is 11.4. The number of allylic oxidation sites excluding steroid dienone is 2. The highest BCUT2D eigenvalue weighted by molar-refractivity contribution is 8.22. The fourth-order valence-corrected chi connectivity index (χ4v) is 3.20. The van der Waals surface area contributed by atoms with Gasteiger partial charge >= 0.3 is 0 Å². The van der Waals surface area contributed by atoms with E-state index in [1.807, 2.05) is 19.1 Å². The van der Waals surface area contributed by atoms with E-state index >= 15 is 0 Å². The molecule has 1 aliphatic heterocycles. The number of carbonyl (C=O) groups excluding carboxylic acids is 1. The van der Waals surface area contributed by atoms with Crippen LogP contribution in [0.25, 0.3) is 0 Å². The third-order valence-corrected chi connectivity index (χ3v) is 4.45. The van der Waals surface area contributed by atoms with Crippen LogP contribution in [0, 0.1) is 0 Å². The average molecular weight is 232 g/mol. The molecule has 0 amide bonds. The van der Waals surface area contributed by atoms with Gasteiger partial charge in [0, 0.05) is 12.0 Å². The van der Waals surface area contributed by atoms with Crippen LogP contribution in [0.3, 0.4) is 0 Å². The highest BCUT2D eigenvalue weighted by Crippen LogP contribution is 2.41. The first-order valence-corrected chi connectivity index (χ1v) is 7.06. The molecule has 0 atom stereocenters. The van der Waals surface area contributed by atoms with E-state index in [9.17, 15) is 4.79 Å². The Labute approximate surface area is 99.2 Å². The van der Waals surface area contributed by atoms with Crippen molar-refractivity contribution in [1.82, 2.24) is 0 Å². The lowest BCUT2D eigenvalue weighted by atomic mass is 10.1. The first-order valence-electron chi connectivity index (χ1n) is 5.58. The summed E-state index contributed by atoms with van der Waals surface area (Å²) in [4.78, 5) is 13.0. The number of hydrogen-bond donors (Lipinski definition) is 1. The molecule has 0 saturated carbocycles. The van der Waals surface area contributed by atoms with Crippen LogP contribution >= 0.6 is 10.9 Å². The largest absolute Gasteiger partial charge is 0.294 e. The molecule has 0 N–H and O–H groups in total. The standard InChI is InChI=1S/C14H16OS/c1-2-5-14(15)12-6-8-13(9-7-12)16-10-3-4-11-16/h3-4,6-11,16H,2,5H2,1H3. The molecule has 0 spiro atoms. The fraction of sp³-hybridized carbons (Fsp3) is 0.214. The van der Waals surface area contributed by atoms with Gasteiger partial charge in [-0.15, -0.1) is 0 Å². The van der Waals surface area contributed by atoms with Gasteiger partial charge in [-0.3, -0.25) is 4.79 Å². The maximum Gasteiger partial charge on any atom is 0.162 e. The van der Waals surface area contributed by atoms with Crippen LogP contribution < -0.4 is 0 Å². The van der Waals surface area contributed by atoms with E-state index in [2.05, 4.69) is 35.1 Å². The molecule has 84 valence electrons. The minimum Gasteiger partial charge on any atom is -0.294 e. The Morgan fingerprint density at radius 3 is 2.31 bits per heavy atom. The van der Waals surface area contributed by atoms with Crippen LogP contribution in [0.2, 0.25) is 0 Å². The summed E-state index contributed by atoms with van der Waals surface area (Å²) in [5, 5.41) is 4.44. The second kappa shape index (κ2) is 5.17. The normalized spacial score (nSPS) is 15.7. The van der Waals surface area contributed by atoms with Crippen molar-refractivity contribution in [3.8, 4) is 0 Å². The van der Waals surface area contributed by atoms with Gasteiger partial charge in [0.1, 0.15) is 0 Å². The third-order valence-electron chi connectivity index (χ3n) is 2.57. The number of hydrogen-bond acceptors (Lipinski definition) is 1. The molecule has 0 aromatic heterocycles. The number of carbonyl (C=O) groups is 1. The molecule has 0 unspecified atom stereocenters. The van der Waals surface area contributed by atoms with Crippen LogP contribution in [0.15, 0.2) is 52.1 Å². The zero-order valence-electron chi connectivity index (χ0n) is 9.39. The molecule has 0 fully saturated rings. The lowest BCUT2D eigenvalue weighted by Gasteiger charge is -2.10. The molecule has 1 aliphatic rings. The van der Waals surface area contributed by atoms with E-state index in [1.165, 1.54) is 4.90 Å². The molecule has 1 aromatic rings. The Bertz CT molecular complexity index is 417. The summed E-state index contributed by atoms with van der Waals surface area (Å²) in [6, 6.07) is 8.06. The van der Waals surface area contributed by atoms with Crippen molar-refractivity contribution in [3.05, 3.63) is 52.8 Å². The van der Waals surface area contributed by atoms with Crippen LogP contribution in [-0.2, 0) is 0 Å². The summed E-state index contributed by atoms with van der Waals surface area (Å²) in [5.74, 6) is 0.249. The van der Waals surface area contributed by atoms with Crippen molar-refractivity contribution < 1.29 is 4.79 Å². The predicted molar refractivity (Wildman–Crippen MR) is 71.2 cm³/mol. The van der Waals surface area contributed by atoms with Gasteiger partial charge in [0.2, 0.25) is 0 Å². The van der Waals surface area contributed by atoms with Gasteiger partial charge in [-0.05, 0) is 34.3 Å². The third kappa shape index (κ3) is 2.45. The predicted octanol–water partition coefficient (Wildman–Crippen LogP) is 4.07. The van der Waals surface area contributed by atoms with Crippen molar-refractivity contribution in [1.29, 1.82) is 0 Å². The minimum atomic E-state index is -0.252. The number of benzene rings is 1. The van der Waals surface area contributed by atoms with Gasteiger partial charge in [-0.2, -0.15) is 10.9 Å². The molecule has 16 heavy (non-hydrogen) atoms. The summed E-state index contributed by atoms with van der Waals surface area (Å²) in [6.45, 7) is 2.03. The Morgan fingerprint density at radius 2 is 1.75 bits per heavy atom.